The molecule has 200 valence electrons. The van der Waals surface area contributed by atoms with E-state index >= 15 is 0 Å². The van der Waals surface area contributed by atoms with Crippen LogP contribution in [0.4, 0.5) is 5.88 Å². The van der Waals surface area contributed by atoms with Crippen LogP contribution in [0.15, 0.2) is 84.3 Å². The van der Waals surface area contributed by atoms with Crippen molar-refractivity contribution < 1.29 is 9.32 Å². The highest BCUT2D eigenvalue weighted by Crippen LogP contribution is 2.35. The molecule has 10 nitrogen and oxygen atoms in total. The van der Waals surface area contributed by atoms with E-state index in [2.05, 4.69) is 36.7 Å². The highest BCUT2D eigenvalue weighted by molar-refractivity contribution is 5.94. The first kappa shape index (κ1) is 25.2. The number of nitrogens with one attached hydrogen (secondary N) is 1. The zero-order chi connectivity index (χ0) is 27.9. The molecule has 0 saturated carbocycles. The Morgan fingerprint density at radius 3 is 2.42 bits per heavy atom. The number of amides is 1. The van der Waals surface area contributed by atoms with Gasteiger partial charge in [0.15, 0.2) is 0 Å². The summed E-state index contributed by atoms with van der Waals surface area (Å²) in [6, 6.07) is 11.8. The number of pyridine rings is 1. The Morgan fingerprint density at radius 2 is 1.75 bits per heavy atom. The summed E-state index contributed by atoms with van der Waals surface area (Å²) in [6.45, 7) is 6.12. The third-order valence-electron chi connectivity index (χ3n) is 6.66. The maximum atomic E-state index is 12.7. The number of rotatable bonds is 6. The van der Waals surface area contributed by atoms with Crippen molar-refractivity contribution in [2.75, 3.05) is 5.32 Å². The second-order valence-electron chi connectivity index (χ2n) is 10.7. The van der Waals surface area contributed by atoms with Gasteiger partial charge in [0, 0.05) is 65.6 Å². The van der Waals surface area contributed by atoms with Gasteiger partial charge in [0.05, 0.1) is 41.9 Å². The van der Waals surface area contributed by atoms with Crippen molar-refractivity contribution in [1.29, 1.82) is 0 Å². The van der Waals surface area contributed by atoms with Crippen LogP contribution >= 0.6 is 0 Å². The zero-order valence-electron chi connectivity index (χ0n) is 22.7. The summed E-state index contributed by atoms with van der Waals surface area (Å²) in [7, 11) is 1.89. The van der Waals surface area contributed by atoms with Crippen molar-refractivity contribution in [2.45, 2.75) is 32.6 Å². The maximum absolute atomic E-state index is 12.7. The molecule has 0 aliphatic heterocycles. The Morgan fingerprint density at radius 1 is 0.925 bits per heavy atom. The molecule has 10 heteroatoms. The number of anilines is 1. The molecule has 0 aliphatic carbocycles. The van der Waals surface area contributed by atoms with Crippen molar-refractivity contribution in [3.8, 4) is 33.5 Å². The van der Waals surface area contributed by atoms with Crippen LogP contribution in [0.3, 0.4) is 0 Å². The third-order valence-corrected chi connectivity index (χ3v) is 6.66. The van der Waals surface area contributed by atoms with Crippen molar-refractivity contribution in [2.24, 2.45) is 7.05 Å². The summed E-state index contributed by atoms with van der Waals surface area (Å²) in [5, 5.41) is 15.8. The monoisotopic (exact) mass is 532 g/mol. The lowest BCUT2D eigenvalue weighted by Gasteiger charge is -2.12. The average Bonchev–Trinajstić information content (AvgIpc) is 3.69. The topological polar surface area (TPSA) is 116 Å². The van der Waals surface area contributed by atoms with E-state index in [-0.39, 0.29) is 17.7 Å². The van der Waals surface area contributed by atoms with Crippen LogP contribution < -0.4 is 5.32 Å². The number of hydrogen-bond acceptors (Lipinski definition) is 7. The van der Waals surface area contributed by atoms with Gasteiger partial charge in [0.25, 0.3) is 0 Å². The third kappa shape index (κ3) is 4.98. The fourth-order valence-corrected chi connectivity index (χ4v) is 4.55. The lowest BCUT2D eigenvalue weighted by molar-refractivity contribution is -0.115. The molecule has 40 heavy (non-hydrogen) atoms. The van der Waals surface area contributed by atoms with Crippen LogP contribution in [0.25, 0.3) is 39.0 Å². The summed E-state index contributed by atoms with van der Waals surface area (Å²) in [5.41, 5.74) is 7.95. The Kier molecular flexibility index (Phi) is 6.22. The molecule has 1 aromatic carbocycles. The summed E-state index contributed by atoms with van der Waals surface area (Å²) in [5.74, 6) is 0.174. The summed E-state index contributed by atoms with van der Waals surface area (Å²) in [4.78, 5) is 21.5. The van der Waals surface area contributed by atoms with E-state index in [1.165, 1.54) is 0 Å². The van der Waals surface area contributed by atoms with Crippen LogP contribution in [0.5, 0.6) is 0 Å². The molecule has 0 aliphatic rings. The van der Waals surface area contributed by atoms with E-state index in [0.29, 0.717) is 5.88 Å². The Bertz CT molecular complexity index is 1810. The number of benzene rings is 1. The van der Waals surface area contributed by atoms with Crippen molar-refractivity contribution in [3.63, 3.8) is 0 Å². The van der Waals surface area contributed by atoms with E-state index in [1.807, 2.05) is 81.4 Å². The Labute approximate surface area is 230 Å². The highest BCUT2D eigenvalue weighted by Gasteiger charge is 2.20. The minimum atomic E-state index is -0.173. The number of aromatic nitrogens is 7. The zero-order valence-corrected chi connectivity index (χ0v) is 22.7. The molecular formula is C30H28N8O2. The van der Waals surface area contributed by atoms with E-state index in [1.54, 1.807) is 29.3 Å². The van der Waals surface area contributed by atoms with Gasteiger partial charge < -0.3 is 4.52 Å². The summed E-state index contributed by atoms with van der Waals surface area (Å²) in [6.07, 6.45) is 12.9. The second kappa shape index (κ2) is 9.88. The van der Waals surface area contributed by atoms with Gasteiger partial charge in [-0.25, -0.2) is 4.52 Å². The van der Waals surface area contributed by atoms with Gasteiger partial charge in [-0.3, -0.25) is 24.8 Å². The van der Waals surface area contributed by atoms with Crippen LogP contribution in [0, 0.1) is 0 Å². The van der Waals surface area contributed by atoms with Gasteiger partial charge in [-0.2, -0.15) is 10.2 Å². The first-order valence-corrected chi connectivity index (χ1v) is 12.9. The minimum absolute atomic E-state index is 0.159. The van der Waals surface area contributed by atoms with E-state index in [4.69, 9.17) is 4.52 Å². The molecule has 0 spiro atoms. The summed E-state index contributed by atoms with van der Waals surface area (Å²) >= 11 is 0. The SMILES string of the molecule is Cn1cc(-c2cc(-c3cnccn3)c3c(-c4ccc(CC(=O)Nc5cc(C(C)(C)C)no5)cc4)cnn3c2)cn1. The minimum Gasteiger partial charge on any atom is -0.338 e. The van der Waals surface area contributed by atoms with Crippen molar-refractivity contribution >= 4 is 17.3 Å². The molecule has 0 fully saturated rings. The highest BCUT2D eigenvalue weighted by atomic mass is 16.5. The molecule has 5 heterocycles. The molecule has 0 saturated heterocycles. The first-order valence-electron chi connectivity index (χ1n) is 12.9. The largest absolute Gasteiger partial charge is 0.338 e. The number of aryl methyl sites for hydroxylation is 1. The second-order valence-corrected chi connectivity index (χ2v) is 10.7. The van der Waals surface area contributed by atoms with E-state index in [0.717, 1.165) is 50.3 Å². The van der Waals surface area contributed by atoms with E-state index in [9.17, 15) is 4.79 Å². The standard InChI is InChI=1S/C30H28N8O2/c1-30(2,3)26-13-28(40-36-26)35-27(39)11-19-5-7-20(8-6-19)24-15-34-38-18-21(22-14-33-37(4)17-22)12-23(29(24)38)25-16-31-9-10-32-25/h5-10,12-18H,11H2,1-4H3,(H,35,39). The molecule has 0 atom stereocenters. The van der Waals surface area contributed by atoms with Gasteiger partial charge in [-0.1, -0.05) is 50.2 Å². The van der Waals surface area contributed by atoms with Gasteiger partial charge in [0.1, 0.15) is 0 Å². The average molecular weight is 533 g/mol. The van der Waals surface area contributed by atoms with Crippen LogP contribution in [0.1, 0.15) is 32.0 Å². The lowest BCUT2D eigenvalue weighted by Crippen LogP contribution is -2.14. The Balaban J connectivity index is 1.29. The van der Waals surface area contributed by atoms with Gasteiger partial charge in [-0.15, -0.1) is 0 Å². The van der Waals surface area contributed by atoms with Crippen molar-refractivity contribution in [1.82, 2.24) is 34.5 Å². The smallest absolute Gasteiger partial charge is 0.231 e. The normalized spacial score (nSPS) is 11.7. The molecule has 1 amide bonds. The molecular weight excluding hydrogens is 504 g/mol. The first-order chi connectivity index (χ1) is 19.2. The number of carbonyl (C=O) groups excluding carboxylic acids is 1. The predicted molar refractivity (Wildman–Crippen MR) is 151 cm³/mol. The maximum Gasteiger partial charge on any atom is 0.231 e. The van der Waals surface area contributed by atoms with E-state index < -0.39 is 0 Å². The van der Waals surface area contributed by atoms with Gasteiger partial charge in [0.2, 0.25) is 11.8 Å². The van der Waals surface area contributed by atoms with Crippen LogP contribution in [-0.2, 0) is 23.7 Å². The molecule has 5 aromatic heterocycles. The van der Waals surface area contributed by atoms with Gasteiger partial charge in [-0.05, 0) is 17.2 Å². The van der Waals surface area contributed by atoms with Crippen molar-refractivity contribution in [3.05, 3.63) is 91.0 Å². The number of nitrogens with zero attached hydrogens (tertiary/aromatic N) is 7. The predicted octanol–water partition coefficient (Wildman–Crippen LogP) is 5.33. The van der Waals surface area contributed by atoms with Crippen LogP contribution in [-0.4, -0.2) is 40.4 Å². The molecule has 0 bridgehead atoms. The molecule has 6 rings (SSSR count). The molecule has 1 N–H and O–H groups in total. The number of carbonyl (C=O) groups is 1. The quantitative estimate of drug-likeness (QED) is 0.308. The lowest BCUT2D eigenvalue weighted by atomic mass is 9.92. The summed E-state index contributed by atoms with van der Waals surface area (Å²) < 4.78 is 8.93. The molecule has 6 aromatic rings. The fraction of sp³-hybridized carbons (Fsp3) is 0.200. The van der Waals surface area contributed by atoms with Gasteiger partial charge >= 0.3 is 0 Å². The molecule has 0 unspecified atom stereocenters. The fourth-order valence-electron chi connectivity index (χ4n) is 4.55. The number of hydrogen-bond donors (Lipinski definition) is 1. The number of fused-ring (bicyclic) bond motifs is 1. The Hall–Kier alpha value is -5.12. The van der Waals surface area contributed by atoms with Crippen LogP contribution in [0.2, 0.25) is 0 Å². The molecule has 0 radical (unpaired) electrons.